The van der Waals surface area contributed by atoms with E-state index in [2.05, 4.69) is 15.0 Å². The minimum absolute atomic E-state index is 0.533. The summed E-state index contributed by atoms with van der Waals surface area (Å²) in [6.07, 6.45) is 4.76. The molecule has 78 valence electrons. The third-order valence-electron chi connectivity index (χ3n) is 2.40. The van der Waals surface area contributed by atoms with E-state index in [0.29, 0.717) is 11.5 Å². The van der Waals surface area contributed by atoms with Gasteiger partial charge in [-0.05, 0) is 12.1 Å². The summed E-state index contributed by atoms with van der Waals surface area (Å²) in [5.41, 5.74) is 8.26. The van der Waals surface area contributed by atoms with Gasteiger partial charge in [-0.15, -0.1) is 0 Å². The Morgan fingerprint density at radius 1 is 1.12 bits per heavy atom. The molecule has 0 aliphatic carbocycles. The third kappa shape index (κ3) is 1.22. The number of aromatic nitrogens is 4. The van der Waals surface area contributed by atoms with Gasteiger partial charge in [0.25, 0.3) is 0 Å². The maximum absolute atomic E-state index is 5.83. The first-order valence-electron chi connectivity index (χ1n) is 4.84. The standard InChI is InChI=1S/C11H9N5/c12-8-5-13-6-14-11(8)16-7-15-9-3-1-2-4-10(9)16/h1-7H,12H2. The minimum atomic E-state index is 0.533. The number of nitrogens with zero attached hydrogens (tertiary/aromatic N) is 4. The zero-order chi connectivity index (χ0) is 11.0. The zero-order valence-corrected chi connectivity index (χ0v) is 8.41. The van der Waals surface area contributed by atoms with Crippen LogP contribution in [0, 0.1) is 0 Å². The molecule has 0 saturated heterocycles. The van der Waals surface area contributed by atoms with Crippen molar-refractivity contribution >= 4 is 16.7 Å². The van der Waals surface area contributed by atoms with E-state index < -0.39 is 0 Å². The molecule has 16 heavy (non-hydrogen) atoms. The number of para-hydroxylation sites is 2. The van der Waals surface area contributed by atoms with E-state index in [0.717, 1.165) is 11.0 Å². The van der Waals surface area contributed by atoms with Gasteiger partial charge in [-0.1, -0.05) is 12.1 Å². The molecule has 2 aromatic heterocycles. The molecule has 0 spiro atoms. The number of benzene rings is 1. The molecule has 0 atom stereocenters. The van der Waals surface area contributed by atoms with Crippen molar-refractivity contribution in [1.29, 1.82) is 0 Å². The zero-order valence-electron chi connectivity index (χ0n) is 8.41. The lowest BCUT2D eigenvalue weighted by Gasteiger charge is -2.04. The van der Waals surface area contributed by atoms with Gasteiger partial charge in [0.15, 0.2) is 5.82 Å². The normalized spacial score (nSPS) is 10.8. The Bertz CT molecular complexity index is 643. The van der Waals surface area contributed by atoms with Gasteiger partial charge in [0.1, 0.15) is 12.7 Å². The Hall–Kier alpha value is -2.43. The molecule has 2 heterocycles. The van der Waals surface area contributed by atoms with Crippen LogP contribution in [0.15, 0.2) is 43.1 Å². The van der Waals surface area contributed by atoms with E-state index in [1.807, 2.05) is 28.8 Å². The van der Waals surface area contributed by atoms with Gasteiger partial charge < -0.3 is 5.73 Å². The highest BCUT2D eigenvalue weighted by Crippen LogP contribution is 2.19. The molecule has 0 saturated carbocycles. The van der Waals surface area contributed by atoms with Crippen LogP contribution in [0.2, 0.25) is 0 Å². The van der Waals surface area contributed by atoms with E-state index in [1.165, 1.54) is 6.33 Å². The average molecular weight is 211 g/mol. The molecule has 0 radical (unpaired) electrons. The third-order valence-corrected chi connectivity index (χ3v) is 2.40. The molecule has 2 N–H and O–H groups in total. The van der Waals surface area contributed by atoms with E-state index in [9.17, 15) is 0 Å². The minimum Gasteiger partial charge on any atom is -0.394 e. The van der Waals surface area contributed by atoms with Crippen LogP contribution in [-0.2, 0) is 0 Å². The molecule has 0 aliphatic heterocycles. The predicted octanol–water partition coefficient (Wildman–Crippen LogP) is 1.40. The van der Waals surface area contributed by atoms with Crippen LogP contribution in [0.5, 0.6) is 0 Å². The first-order valence-corrected chi connectivity index (χ1v) is 4.84. The van der Waals surface area contributed by atoms with Crippen LogP contribution >= 0.6 is 0 Å². The van der Waals surface area contributed by atoms with Crippen molar-refractivity contribution in [1.82, 2.24) is 19.5 Å². The highest BCUT2D eigenvalue weighted by atomic mass is 15.1. The second-order valence-corrected chi connectivity index (χ2v) is 3.40. The molecule has 3 aromatic rings. The summed E-state index contributed by atoms with van der Waals surface area (Å²) in [4.78, 5) is 12.3. The van der Waals surface area contributed by atoms with E-state index in [4.69, 9.17) is 5.73 Å². The van der Waals surface area contributed by atoms with E-state index >= 15 is 0 Å². The lowest BCUT2D eigenvalue weighted by atomic mass is 10.3. The van der Waals surface area contributed by atoms with Crippen LogP contribution in [0.1, 0.15) is 0 Å². The molecule has 0 unspecified atom stereocenters. The van der Waals surface area contributed by atoms with Crippen molar-refractivity contribution in [3.63, 3.8) is 0 Å². The number of anilines is 1. The van der Waals surface area contributed by atoms with Crippen molar-refractivity contribution in [3.05, 3.63) is 43.1 Å². The predicted molar refractivity (Wildman–Crippen MR) is 61.1 cm³/mol. The largest absolute Gasteiger partial charge is 0.394 e. The van der Waals surface area contributed by atoms with Gasteiger partial charge in [-0.3, -0.25) is 4.57 Å². The second kappa shape index (κ2) is 3.30. The lowest BCUT2D eigenvalue weighted by Crippen LogP contribution is -2.01. The highest BCUT2D eigenvalue weighted by Gasteiger charge is 2.07. The number of imidazole rings is 1. The van der Waals surface area contributed by atoms with E-state index in [1.54, 1.807) is 12.5 Å². The fraction of sp³-hybridized carbons (Fsp3) is 0. The maximum Gasteiger partial charge on any atom is 0.165 e. The van der Waals surface area contributed by atoms with E-state index in [-0.39, 0.29) is 0 Å². The number of nitrogens with two attached hydrogens (primary N) is 1. The number of fused-ring (bicyclic) bond motifs is 1. The summed E-state index contributed by atoms with van der Waals surface area (Å²) in [5.74, 6) is 0.656. The van der Waals surface area contributed by atoms with Crippen LogP contribution in [0.25, 0.3) is 16.9 Å². The number of nitrogen functional groups attached to an aromatic ring is 1. The summed E-state index contributed by atoms with van der Waals surface area (Å²) in [7, 11) is 0. The molecule has 0 aliphatic rings. The Kier molecular flexibility index (Phi) is 1.83. The van der Waals surface area contributed by atoms with Gasteiger partial charge in [0.2, 0.25) is 0 Å². The van der Waals surface area contributed by atoms with Crippen molar-refractivity contribution in [2.45, 2.75) is 0 Å². The molecule has 0 amide bonds. The van der Waals surface area contributed by atoms with Gasteiger partial charge in [-0.25, -0.2) is 15.0 Å². The quantitative estimate of drug-likeness (QED) is 0.660. The first kappa shape index (κ1) is 8.84. The van der Waals surface area contributed by atoms with Crippen LogP contribution < -0.4 is 5.73 Å². The van der Waals surface area contributed by atoms with Gasteiger partial charge in [-0.2, -0.15) is 0 Å². The van der Waals surface area contributed by atoms with Crippen molar-refractivity contribution in [3.8, 4) is 5.82 Å². The highest BCUT2D eigenvalue weighted by molar-refractivity contribution is 5.77. The number of hydrogen-bond acceptors (Lipinski definition) is 4. The monoisotopic (exact) mass is 211 g/mol. The van der Waals surface area contributed by atoms with Crippen LogP contribution in [-0.4, -0.2) is 19.5 Å². The fourth-order valence-corrected chi connectivity index (χ4v) is 1.66. The number of rotatable bonds is 1. The molecule has 5 heteroatoms. The molecular formula is C11H9N5. The molecule has 0 fully saturated rings. The van der Waals surface area contributed by atoms with Crippen LogP contribution in [0.4, 0.5) is 5.69 Å². The maximum atomic E-state index is 5.83. The summed E-state index contributed by atoms with van der Waals surface area (Å²) >= 11 is 0. The first-order chi connectivity index (χ1) is 7.86. The topological polar surface area (TPSA) is 69.6 Å². The fourth-order valence-electron chi connectivity index (χ4n) is 1.66. The smallest absolute Gasteiger partial charge is 0.165 e. The molecule has 5 nitrogen and oxygen atoms in total. The summed E-state index contributed by atoms with van der Waals surface area (Å²) in [6, 6.07) is 7.83. The van der Waals surface area contributed by atoms with Gasteiger partial charge in [0, 0.05) is 0 Å². The molecule has 3 rings (SSSR count). The Labute approximate surface area is 91.6 Å². The summed E-state index contributed by atoms with van der Waals surface area (Å²) in [6.45, 7) is 0. The average Bonchev–Trinajstić information content (AvgIpc) is 2.74. The lowest BCUT2D eigenvalue weighted by molar-refractivity contribution is 1.000. The Morgan fingerprint density at radius 3 is 2.88 bits per heavy atom. The van der Waals surface area contributed by atoms with Gasteiger partial charge >= 0.3 is 0 Å². The Balaban J connectivity index is 2.31. The summed E-state index contributed by atoms with van der Waals surface area (Å²) < 4.78 is 1.85. The van der Waals surface area contributed by atoms with Crippen molar-refractivity contribution in [2.24, 2.45) is 0 Å². The second-order valence-electron chi connectivity index (χ2n) is 3.40. The number of hydrogen-bond donors (Lipinski definition) is 1. The SMILES string of the molecule is Nc1cncnc1-n1cnc2ccccc21. The van der Waals surface area contributed by atoms with Gasteiger partial charge in [0.05, 0.1) is 22.9 Å². The van der Waals surface area contributed by atoms with Crippen molar-refractivity contribution in [2.75, 3.05) is 5.73 Å². The molecular weight excluding hydrogens is 202 g/mol. The van der Waals surface area contributed by atoms with Crippen molar-refractivity contribution < 1.29 is 0 Å². The molecule has 1 aromatic carbocycles. The molecule has 0 bridgehead atoms. The summed E-state index contributed by atoms with van der Waals surface area (Å²) in [5, 5.41) is 0. The Morgan fingerprint density at radius 2 is 2.00 bits per heavy atom. The van der Waals surface area contributed by atoms with Crippen LogP contribution in [0.3, 0.4) is 0 Å².